The maximum atomic E-state index is 12.5. The van der Waals surface area contributed by atoms with E-state index < -0.39 is 12.0 Å². The van der Waals surface area contributed by atoms with Gasteiger partial charge in [-0.05, 0) is 19.1 Å². The third kappa shape index (κ3) is 3.13. The van der Waals surface area contributed by atoms with Gasteiger partial charge in [0, 0.05) is 6.54 Å². The number of hydrogen-bond donors (Lipinski definition) is 1. The number of carbonyl (C=O) groups is 2. The summed E-state index contributed by atoms with van der Waals surface area (Å²) in [6, 6.07) is 8.55. The minimum atomic E-state index is -1.06. The smallest absolute Gasteiger partial charge is 0.328 e. The third-order valence-corrected chi connectivity index (χ3v) is 4.04. The molecule has 1 N–H and O–H groups in total. The number of morpholine rings is 1. The van der Waals surface area contributed by atoms with Gasteiger partial charge in [-0.2, -0.15) is 0 Å². The molecule has 1 fully saturated rings. The lowest BCUT2D eigenvalue weighted by Crippen LogP contribution is -2.53. The van der Waals surface area contributed by atoms with Crippen LogP contribution in [0, 0.1) is 6.92 Å². The SMILES string of the molecule is Cc1c(CC(=O)N2CCOC[C@H]2C(=O)O)nnn1-c1ccccc1. The second-order valence-corrected chi connectivity index (χ2v) is 5.56. The number of para-hydroxylation sites is 1. The van der Waals surface area contributed by atoms with Crippen molar-refractivity contribution in [2.75, 3.05) is 19.8 Å². The number of carbonyl (C=O) groups excluding carboxylic acids is 1. The molecule has 8 heteroatoms. The quantitative estimate of drug-likeness (QED) is 0.873. The number of rotatable bonds is 4. The van der Waals surface area contributed by atoms with Gasteiger partial charge in [0.15, 0.2) is 6.04 Å². The summed E-state index contributed by atoms with van der Waals surface area (Å²) in [5, 5.41) is 17.4. The van der Waals surface area contributed by atoms with E-state index in [0.29, 0.717) is 12.3 Å². The predicted octanol–water partition coefficient (Wildman–Crippen LogP) is 0.430. The highest BCUT2D eigenvalue weighted by atomic mass is 16.5. The Hall–Kier alpha value is -2.74. The van der Waals surface area contributed by atoms with Crippen LogP contribution in [0.5, 0.6) is 0 Å². The molecule has 1 atom stereocenters. The Labute approximate surface area is 138 Å². The van der Waals surface area contributed by atoms with Gasteiger partial charge in [0.05, 0.1) is 36.7 Å². The van der Waals surface area contributed by atoms with E-state index in [2.05, 4.69) is 10.3 Å². The maximum absolute atomic E-state index is 12.5. The van der Waals surface area contributed by atoms with Crippen LogP contribution in [0.4, 0.5) is 0 Å². The van der Waals surface area contributed by atoms with Crippen LogP contribution in [0.15, 0.2) is 30.3 Å². The average molecular weight is 330 g/mol. The molecule has 8 nitrogen and oxygen atoms in total. The van der Waals surface area contributed by atoms with Crippen molar-refractivity contribution in [1.82, 2.24) is 19.9 Å². The van der Waals surface area contributed by atoms with E-state index in [0.717, 1.165) is 11.4 Å². The Bertz CT molecular complexity index is 744. The van der Waals surface area contributed by atoms with Crippen LogP contribution in [-0.2, 0) is 20.7 Å². The molecular formula is C16H18N4O4. The fraction of sp³-hybridized carbons (Fsp3) is 0.375. The second-order valence-electron chi connectivity index (χ2n) is 5.56. The van der Waals surface area contributed by atoms with Gasteiger partial charge in [-0.15, -0.1) is 5.10 Å². The Morgan fingerprint density at radius 3 is 2.79 bits per heavy atom. The highest BCUT2D eigenvalue weighted by Crippen LogP contribution is 2.15. The summed E-state index contributed by atoms with van der Waals surface area (Å²) < 4.78 is 6.82. The summed E-state index contributed by atoms with van der Waals surface area (Å²) in [5.41, 5.74) is 2.16. The number of carboxylic acids is 1. The zero-order valence-electron chi connectivity index (χ0n) is 13.3. The fourth-order valence-corrected chi connectivity index (χ4v) is 2.69. The maximum Gasteiger partial charge on any atom is 0.328 e. The van der Waals surface area contributed by atoms with E-state index in [1.165, 1.54) is 4.90 Å². The minimum absolute atomic E-state index is 0.0107. The summed E-state index contributed by atoms with van der Waals surface area (Å²) in [5.74, 6) is -1.35. The number of amides is 1. The van der Waals surface area contributed by atoms with Crippen LogP contribution >= 0.6 is 0 Å². The molecule has 3 rings (SSSR count). The molecule has 126 valence electrons. The van der Waals surface area contributed by atoms with Crippen molar-refractivity contribution in [2.24, 2.45) is 0 Å². The van der Waals surface area contributed by atoms with Crippen LogP contribution in [0.25, 0.3) is 5.69 Å². The molecule has 2 aromatic rings. The van der Waals surface area contributed by atoms with Crippen LogP contribution in [-0.4, -0.2) is 62.7 Å². The van der Waals surface area contributed by atoms with Crippen molar-refractivity contribution >= 4 is 11.9 Å². The van der Waals surface area contributed by atoms with Crippen molar-refractivity contribution in [3.63, 3.8) is 0 Å². The normalized spacial score (nSPS) is 17.7. The zero-order chi connectivity index (χ0) is 17.1. The van der Waals surface area contributed by atoms with Gasteiger partial charge in [0.1, 0.15) is 0 Å². The summed E-state index contributed by atoms with van der Waals surface area (Å²) in [6.45, 7) is 2.45. The van der Waals surface area contributed by atoms with Gasteiger partial charge in [-0.1, -0.05) is 23.4 Å². The van der Waals surface area contributed by atoms with Gasteiger partial charge in [-0.3, -0.25) is 4.79 Å². The van der Waals surface area contributed by atoms with Gasteiger partial charge in [0.25, 0.3) is 0 Å². The van der Waals surface area contributed by atoms with E-state index in [4.69, 9.17) is 4.74 Å². The topological polar surface area (TPSA) is 97.6 Å². The molecule has 1 amide bonds. The average Bonchev–Trinajstić information content (AvgIpc) is 2.96. The molecule has 24 heavy (non-hydrogen) atoms. The Kier molecular flexibility index (Phi) is 4.57. The van der Waals surface area contributed by atoms with Gasteiger partial charge < -0.3 is 14.7 Å². The first-order valence-corrected chi connectivity index (χ1v) is 7.64. The summed E-state index contributed by atoms with van der Waals surface area (Å²) >= 11 is 0. The summed E-state index contributed by atoms with van der Waals surface area (Å²) in [6.07, 6.45) is 0.0163. The Morgan fingerprint density at radius 2 is 2.08 bits per heavy atom. The van der Waals surface area contributed by atoms with E-state index in [1.807, 2.05) is 37.3 Å². The zero-order valence-corrected chi connectivity index (χ0v) is 13.3. The number of ether oxygens (including phenoxy) is 1. The molecule has 2 heterocycles. The minimum Gasteiger partial charge on any atom is -0.480 e. The molecule has 1 saturated heterocycles. The number of carboxylic acid groups (broad SMARTS) is 1. The Morgan fingerprint density at radius 1 is 1.33 bits per heavy atom. The second kappa shape index (κ2) is 6.79. The lowest BCUT2D eigenvalue weighted by Gasteiger charge is -2.32. The number of benzene rings is 1. The highest BCUT2D eigenvalue weighted by Gasteiger charge is 2.33. The standard InChI is InChI=1S/C16H18N4O4/c1-11-13(17-18-20(11)12-5-3-2-4-6-12)9-15(21)19-7-8-24-10-14(19)16(22)23/h2-6,14H,7-10H2,1H3,(H,22,23)/t14-/m0/s1. The predicted molar refractivity (Wildman–Crippen MR) is 83.8 cm³/mol. The molecule has 0 bridgehead atoms. The summed E-state index contributed by atoms with van der Waals surface area (Å²) in [7, 11) is 0. The van der Waals surface area contributed by atoms with Crippen molar-refractivity contribution in [3.8, 4) is 5.69 Å². The molecule has 1 aromatic heterocycles. The van der Waals surface area contributed by atoms with Crippen LogP contribution in [0.3, 0.4) is 0 Å². The van der Waals surface area contributed by atoms with Crippen molar-refractivity contribution in [2.45, 2.75) is 19.4 Å². The lowest BCUT2D eigenvalue weighted by molar-refractivity contribution is -0.158. The number of hydrogen-bond acceptors (Lipinski definition) is 5. The first-order valence-electron chi connectivity index (χ1n) is 7.64. The van der Waals surface area contributed by atoms with Crippen LogP contribution < -0.4 is 0 Å². The molecule has 1 aliphatic heterocycles. The van der Waals surface area contributed by atoms with Gasteiger partial charge >= 0.3 is 5.97 Å². The first kappa shape index (κ1) is 16.1. The van der Waals surface area contributed by atoms with Crippen molar-refractivity contribution in [3.05, 3.63) is 41.7 Å². The number of aromatic nitrogens is 3. The first-order chi connectivity index (χ1) is 11.6. The van der Waals surface area contributed by atoms with Gasteiger partial charge in [-0.25, -0.2) is 9.48 Å². The third-order valence-electron chi connectivity index (χ3n) is 4.04. The molecule has 1 aromatic carbocycles. The van der Waals surface area contributed by atoms with Gasteiger partial charge in [0.2, 0.25) is 5.91 Å². The van der Waals surface area contributed by atoms with E-state index in [1.54, 1.807) is 4.68 Å². The Balaban J connectivity index is 1.78. The van der Waals surface area contributed by atoms with E-state index in [-0.39, 0.29) is 25.5 Å². The fourth-order valence-electron chi connectivity index (χ4n) is 2.69. The molecule has 1 aliphatic rings. The number of nitrogens with zero attached hydrogens (tertiary/aromatic N) is 4. The largest absolute Gasteiger partial charge is 0.480 e. The highest BCUT2D eigenvalue weighted by molar-refractivity contribution is 5.85. The summed E-state index contributed by atoms with van der Waals surface area (Å²) in [4.78, 5) is 25.1. The van der Waals surface area contributed by atoms with E-state index >= 15 is 0 Å². The molecule has 0 spiro atoms. The number of aliphatic carboxylic acids is 1. The lowest BCUT2D eigenvalue weighted by atomic mass is 10.1. The monoisotopic (exact) mass is 330 g/mol. The molecular weight excluding hydrogens is 312 g/mol. The molecule has 0 unspecified atom stereocenters. The molecule has 0 aliphatic carbocycles. The molecule has 0 radical (unpaired) electrons. The van der Waals surface area contributed by atoms with E-state index in [9.17, 15) is 14.7 Å². The van der Waals surface area contributed by atoms with Crippen LogP contribution in [0.1, 0.15) is 11.4 Å². The van der Waals surface area contributed by atoms with Crippen LogP contribution in [0.2, 0.25) is 0 Å². The molecule has 0 saturated carbocycles. The van der Waals surface area contributed by atoms with Crippen molar-refractivity contribution in [1.29, 1.82) is 0 Å². The van der Waals surface area contributed by atoms with Crippen molar-refractivity contribution < 1.29 is 19.4 Å².